The van der Waals surface area contributed by atoms with E-state index >= 15 is 0 Å². The lowest BCUT2D eigenvalue weighted by atomic mass is 10.2. The quantitative estimate of drug-likeness (QED) is 0.641. The van der Waals surface area contributed by atoms with Crippen LogP contribution in [0.1, 0.15) is 36.5 Å². The predicted molar refractivity (Wildman–Crippen MR) is 97.6 cm³/mol. The molecule has 1 aromatic carbocycles. The lowest BCUT2D eigenvalue weighted by Crippen LogP contribution is -2.37. The molecule has 0 saturated heterocycles. The molecule has 1 aromatic heterocycles. The summed E-state index contributed by atoms with van der Waals surface area (Å²) in [7, 11) is 3.44. The molecule has 7 nitrogen and oxygen atoms in total. The lowest BCUT2D eigenvalue weighted by molar-refractivity contribution is 0.414. The zero-order chi connectivity index (χ0) is 17.5. The first-order valence-electron chi connectivity index (χ1n) is 8.78. The van der Waals surface area contributed by atoms with E-state index in [1.165, 1.54) is 24.8 Å². The van der Waals surface area contributed by atoms with Crippen molar-refractivity contribution in [1.29, 1.82) is 0 Å². The van der Waals surface area contributed by atoms with Crippen LogP contribution < -0.4 is 15.4 Å². The molecule has 1 aliphatic heterocycles. The third kappa shape index (κ3) is 4.49. The number of fused-ring (bicyclic) bond motifs is 1. The van der Waals surface area contributed by atoms with Crippen LogP contribution in [0.4, 0.5) is 0 Å². The molecule has 0 amide bonds. The number of aryl methyl sites for hydroxylation is 1. The fourth-order valence-corrected chi connectivity index (χ4v) is 2.99. The number of guanidine groups is 1. The van der Waals surface area contributed by atoms with Gasteiger partial charge in [-0.2, -0.15) is 0 Å². The number of hydrogen-bond acceptors (Lipinski definition) is 4. The number of rotatable bonds is 5. The van der Waals surface area contributed by atoms with Gasteiger partial charge in [-0.25, -0.2) is 0 Å². The van der Waals surface area contributed by atoms with E-state index < -0.39 is 0 Å². The van der Waals surface area contributed by atoms with Crippen molar-refractivity contribution in [3.05, 3.63) is 41.5 Å². The van der Waals surface area contributed by atoms with E-state index in [4.69, 9.17) is 4.74 Å². The molecule has 0 atom stereocenters. The van der Waals surface area contributed by atoms with Crippen molar-refractivity contribution < 1.29 is 4.74 Å². The van der Waals surface area contributed by atoms with Crippen molar-refractivity contribution >= 4 is 5.96 Å². The normalized spacial score (nSPS) is 14.6. The monoisotopic (exact) mass is 342 g/mol. The minimum absolute atomic E-state index is 0.620. The number of methoxy groups -OCH3 is 1. The number of nitrogens with zero attached hydrogens (tertiary/aromatic N) is 4. The van der Waals surface area contributed by atoms with Gasteiger partial charge in [-0.3, -0.25) is 4.99 Å². The molecular weight excluding hydrogens is 316 g/mol. The summed E-state index contributed by atoms with van der Waals surface area (Å²) in [6.07, 6.45) is 4.69. The van der Waals surface area contributed by atoms with Gasteiger partial charge in [0.05, 0.1) is 13.7 Å². The van der Waals surface area contributed by atoms with Crippen molar-refractivity contribution in [2.45, 2.75) is 45.3 Å². The topological polar surface area (TPSA) is 76.4 Å². The molecule has 25 heavy (non-hydrogen) atoms. The Hall–Kier alpha value is -2.57. The first kappa shape index (κ1) is 17.3. The van der Waals surface area contributed by atoms with E-state index in [1.54, 1.807) is 14.2 Å². The first-order valence-corrected chi connectivity index (χ1v) is 8.78. The third-order valence-electron chi connectivity index (χ3n) is 4.44. The van der Waals surface area contributed by atoms with Crippen LogP contribution in [0.5, 0.6) is 5.75 Å². The maximum absolute atomic E-state index is 5.18. The minimum atomic E-state index is 0.620. The number of aliphatic imine (C=N–C) groups is 1. The van der Waals surface area contributed by atoms with E-state index in [0.717, 1.165) is 36.3 Å². The average molecular weight is 342 g/mol. The Morgan fingerprint density at radius 2 is 1.92 bits per heavy atom. The molecule has 0 saturated carbocycles. The molecule has 1 aliphatic rings. The molecule has 0 fully saturated rings. The molecule has 2 heterocycles. The van der Waals surface area contributed by atoms with Gasteiger partial charge in [0.15, 0.2) is 11.8 Å². The van der Waals surface area contributed by atoms with Crippen molar-refractivity contribution in [3.63, 3.8) is 0 Å². The maximum Gasteiger partial charge on any atom is 0.191 e. The van der Waals surface area contributed by atoms with Crippen LogP contribution in [-0.4, -0.2) is 34.9 Å². The Morgan fingerprint density at radius 3 is 2.68 bits per heavy atom. The zero-order valence-electron chi connectivity index (χ0n) is 15.0. The van der Waals surface area contributed by atoms with Crippen molar-refractivity contribution in [2.75, 3.05) is 14.2 Å². The van der Waals surface area contributed by atoms with E-state index in [9.17, 15) is 0 Å². The molecule has 0 unspecified atom stereocenters. The summed E-state index contributed by atoms with van der Waals surface area (Å²) < 4.78 is 7.43. The number of hydrogen-bond donors (Lipinski definition) is 2. The molecular formula is C18H26N6O. The van der Waals surface area contributed by atoms with E-state index in [2.05, 4.69) is 30.4 Å². The second kappa shape index (κ2) is 8.50. The Kier molecular flexibility index (Phi) is 5.87. The van der Waals surface area contributed by atoms with Gasteiger partial charge in [0.2, 0.25) is 0 Å². The summed E-state index contributed by atoms with van der Waals surface area (Å²) in [6, 6.07) is 7.99. The van der Waals surface area contributed by atoms with Crippen molar-refractivity contribution in [1.82, 2.24) is 25.4 Å². The highest BCUT2D eigenvalue weighted by atomic mass is 16.5. The van der Waals surface area contributed by atoms with Crippen LogP contribution in [0, 0.1) is 0 Å². The van der Waals surface area contributed by atoms with Gasteiger partial charge in [-0.1, -0.05) is 18.6 Å². The molecule has 0 bridgehead atoms. The van der Waals surface area contributed by atoms with Crippen LogP contribution in [0.25, 0.3) is 0 Å². The Labute approximate surface area is 148 Å². The Morgan fingerprint density at radius 1 is 1.12 bits per heavy atom. The molecule has 0 spiro atoms. The van der Waals surface area contributed by atoms with Crippen LogP contribution >= 0.6 is 0 Å². The van der Waals surface area contributed by atoms with Gasteiger partial charge in [-0.15, -0.1) is 10.2 Å². The van der Waals surface area contributed by atoms with Crippen LogP contribution in [0.2, 0.25) is 0 Å². The summed E-state index contributed by atoms with van der Waals surface area (Å²) in [5.74, 6) is 3.69. The van der Waals surface area contributed by atoms with E-state index in [1.807, 2.05) is 24.3 Å². The zero-order valence-corrected chi connectivity index (χ0v) is 15.0. The van der Waals surface area contributed by atoms with E-state index in [-0.39, 0.29) is 0 Å². The summed E-state index contributed by atoms with van der Waals surface area (Å²) in [5.41, 5.74) is 1.17. The molecule has 7 heteroatoms. The van der Waals surface area contributed by atoms with Gasteiger partial charge >= 0.3 is 0 Å². The fourth-order valence-electron chi connectivity index (χ4n) is 2.99. The van der Waals surface area contributed by atoms with Gasteiger partial charge in [0.1, 0.15) is 11.6 Å². The summed E-state index contributed by atoms with van der Waals surface area (Å²) in [5, 5.41) is 15.3. The Balaban J connectivity index is 1.53. The standard InChI is InChI=1S/C18H26N6O/c1-19-18(20-12-14-7-9-15(25-2)10-8-14)21-13-17-23-22-16-6-4-3-5-11-24(16)17/h7-10H,3-6,11-13H2,1-2H3,(H2,19,20,21). The average Bonchev–Trinajstić information content (AvgIpc) is 2.88. The summed E-state index contributed by atoms with van der Waals surface area (Å²) in [4.78, 5) is 4.28. The SMILES string of the molecule is CN=C(NCc1ccc(OC)cc1)NCc1nnc2n1CCCCC2. The van der Waals surface area contributed by atoms with Gasteiger partial charge in [0, 0.05) is 26.6 Å². The molecule has 0 aliphatic carbocycles. The smallest absolute Gasteiger partial charge is 0.191 e. The second-order valence-corrected chi connectivity index (χ2v) is 6.12. The van der Waals surface area contributed by atoms with Crippen LogP contribution in [0.3, 0.4) is 0 Å². The fraction of sp³-hybridized carbons (Fsp3) is 0.500. The molecule has 2 N–H and O–H groups in total. The summed E-state index contributed by atoms with van der Waals surface area (Å²) in [6.45, 7) is 2.33. The highest BCUT2D eigenvalue weighted by Crippen LogP contribution is 2.14. The Bertz CT molecular complexity index is 707. The minimum Gasteiger partial charge on any atom is -0.497 e. The van der Waals surface area contributed by atoms with Crippen molar-refractivity contribution in [3.8, 4) is 5.75 Å². The number of ether oxygens (including phenoxy) is 1. The second-order valence-electron chi connectivity index (χ2n) is 6.12. The highest BCUT2D eigenvalue weighted by molar-refractivity contribution is 5.79. The van der Waals surface area contributed by atoms with Gasteiger partial charge in [0.25, 0.3) is 0 Å². The molecule has 2 aromatic rings. The predicted octanol–water partition coefficient (Wildman–Crippen LogP) is 1.88. The maximum atomic E-state index is 5.18. The highest BCUT2D eigenvalue weighted by Gasteiger charge is 2.14. The molecule has 134 valence electrons. The summed E-state index contributed by atoms with van der Waals surface area (Å²) >= 11 is 0. The number of aromatic nitrogens is 3. The number of benzene rings is 1. The molecule has 0 radical (unpaired) electrons. The van der Waals surface area contributed by atoms with Crippen LogP contribution in [-0.2, 0) is 26.1 Å². The van der Waals surface area contributed by atoms with Crippen molar-refractivity contribution in [2.24, 2.45) is 4.99 Å². The van der Waals surface area contributed by atoms with Gasteiger partial charge in [-0.05, 0) is 30.5 Å². The van der Waals surface area contributed by atoms with E-state index in [0.29, 0.717) is 13.1 Å². The number of nitrogens with one attached hydrogen (secondary N) is 2. The third-order valence-corrected chi connectivity index (χ3v) is 4.44. The van der Waals surface area contributed by atoms with Gasteiger partial charge < -0.3 is 19.9 Å². The lowest BCUT2D eigenvalue weighted by Gasteiger charge is -2.13. The first-order chi connectivity index (χ1) is 12.3. The molecule has 3 rings (SSSR count). The largest absolute Gasteiger partial charge is 0.497 e. The van der Waals surface area contributed by atoms with Crippen LogP contribution in [0.15, 0.2) is 29.3 Å².